The Morgan fingerprint density at radius 1 is 1.10 bits per heavy atom. The van der Waals surface area contributed by atoms with Crippen LogP contribution in [-0.2, 0) is 9.84 Å². The Kier molecular flexibility index (Phi) is 3.85. The van der Waals surface area contributed by atoms with Gasteiger partial charge in [0.15, 0.2) is 9.84 Å². The van der Waals surface area contributed by atoms with E-state index in [2.05, 4.69) is 10.3 Å². The summed E-state index contributed by atoms with van der Waals surface area (Å²) in [7, 11) is -3.25. The van der Waals surface area contributed by atoms with Gasteiger partial charge in [0.1, 0.15) is 5.82 Å². The first-order chi connectivity index (χ1) is 9.36. The summed E-state index contributed by atoms with van der Waals surface area (Å²) in [6, 6.07) is 9.31. The zero-order valence-electron chi connectivity index (χ0n) is 11.1. The average Bonchev–Trinajstić information content (AvgIpc) is 2.40. The van der Waals surface area contributed by atoms with Gasteiger partial charge in [0.25, 0.3) is 5.91 Å². The van der Waals surface area contributed by atoms with Crippen molar-refractivity contribution in [2.45, 2.75) is 11.8 Å². The number of sulfone groups is 1. The number of pyridine rings is 1. The number of hydrogen-bond donors (Lipinski definition) is 1. The van der Waals surface area contributed by atoms with Crippen LogP contribution >= 0.6 is 0 Å². The molecular weight excluding hydrogens is 276 g/mol. The Balaban J connectivity index is 2.15. The molecule has 0 bridgehead atoms. The molecule has 1 aromatic carbocycles. The first-order valence-corrected chi connectivity index (χ1v) is 7.79. The van der Waals surface area contributed by atoms with Gasteiger partial charge >= 0.3 is 0 Å². The summed E-state index contributed by atoms with van der Waals surface area (Å²) in [6.45, 7) is 1.91. The number of nitrogens with one attached hydrogen (secondary N) is 1. The summed E-state index contributed by atoms with van der Waals surface area (Å²) in [6.07, 6.45) is 2.78. The van der Waals surface area contributed by atoms with Gasteiger partial charge in [0.2, 0.25) is 0 Å². The van der Waals surface area contributed by atoms with E-state index in [1.54, 1.807) is 12.3 Å². The van der Waals surface area contributed by atoms with Crippen LogP contribution < -0.4 is 5.32 Å². The van der Waals surface area contributed by atoms with Crippen molar-refractivity contribution in [1.29, 1.82) is 0 Å². The minimum absolute atomic E-state index is 0.183. The second-order valence-corrected chi connectivity index (χ2v) is 6.49. The highest BCUT2D eigenvalue weighted by molar-refractivity contribution is 7.90. The van der Waals surface area contributed by atoms with Crippen LogP contribution in [0.1, 0.15) is 15.9 Å². The lowest BCUT2D eigenvalue weighted by atomic mass is 10.2. The lowest BCUT2D eigenvalue weighted by Gasteiger charge is -2.05. The molecule has 0 unspecified atom stereocenters. The smallest absolute Gasteiger partial charge is 0.256 e. The molecule has 6 heteroatoms. The fourth-order valence-corrected chi connectivity index (χ4v) is 2.21. The molecule has 1 heterocycles. The molecule has 0 aliphatic carbocycles. The number of benzene rings is 1. The van der Waals surface area contributed by atoms with E-state index in [0.717, 1.165) is 11.8 Å². The highest BCUT2D eigenvalue weighted by Gasteiger charge is 2.10. The average molecular weight is 290 g/mol. The number of anilines is 1. The van der Waals surface area contributed by atoms with E-state index in [4.69, 9.17) is 0 Å². The number of amides is 1. The maximum Gasteiger partial charge on any atom is 0.256 e. The van der Waals surface area contributed by atoms with Gasteiger partial charge in [-0.15, -0.1) is 0 Å². The molecule has 1 N–H and O–H groups in total. The Morgan fingerprint density at radius 2 is 1.75 bits per heavy atom. The van der Waals surface area contributed by atoms with Crippen LogP contribution in [0, 0.1) is 6.92 Å². The van der Waals surface area contributed by atoms with E-state index < -0.39 is 9.84 Å². The van der Waals surface area contributed by atoms with Gasteiger partial charge in [-0.2, -0.15) is 0 Å². The number of aryl methyl sites for hydroxylation is 1. The number of rotatable bonds is 3. The molecule has 2 rings (SSSR count). The van der Waals surface area contributed by atoms with E-state index >= 15 is 0 Å². The normalized spacial score (nSPS) is 11.1. The van der Waals surface area contributed by atoms with E-state index in [0.29, 0.717) is 11.4 Å². The molecule has 0 spiro atoms. The number of nitrogens with zero attached hydrogens (tertiary/aromatic N) is 1. The minimum atomic E-state index is -3.25. The molecule has 0 saturated carbocycles. The highest BCUT2D eigenvalue weighted by atomic mass is 32.2. The Hall–Kier alpha value is -2.21. The molecule has 0 radical (unpaired) electrons. The predicted molar refractivity (Wildman–Crippen MR) is 76.5 cm³/mol. The molecule has 104 valence electrons. The van der Waals surface area contributed by atoms with Crippen LogP contribution in [0.2, 0.25) is 0 Å². The molecule has 0 aliphatic heterocycles. The molecule has 0 atom stereocenters. The van der Waals surface area contributed by atoms with E-state index in [1.807, 2.05) is 13.0 Å². The fourth-order valence-electron chi connectivity index (χ4n) is 1.58. The first-order valence-electron chi connectivity index (χ1n) is 5.90. The van der Waals surface area contributed by atoms with Gasteiger partial charge in [-0.3, -0.25) is 4.79 Å². The summed E-state index contributed by atoms with van der Waals surface area (Å²) < 4.78 is 22.7. The number of carbonyl (C=O) groups excluding carboxylic acids is 1. The molecule has 0 saturated heterocycles. The van der Waals surface area contributed by atoms with Gasteiger partial charge in [0, 0.05) is 18.0 Å². The molecule has 2 aromatic rings. The third-order valence-corrected chi connectivity index (χ3v) is 3.83. The maximum atomic E-state index is 12.0. The highest BCUT2D eigenvalue weighted by Crippen LogP contribution is 2.12. The van der Waals surface area contributed by atoms with Crippen molar-refractivity contribution >= 4 is 21.6 Å². The zero-order chi connectivity index (χ0) is 14.8. The van der Waals surface area contributed by atoms with Crippen molar-refractivity contribution in [3.63, 3.8) is 0 Å². The van der Waals surface area contributed by atoms with Crippen molar-refractivity contribution < 1.29 is 13.2 Å². The molecule has 1 amide bonds. The quantitative estimate of drug-likeness (QED) is 0.938. The van der Waals surface area contributed by atoms with Gasteiger partial charge in [-0.05, 0) is 42.8 Å². The van der Waals surface area contributed by atoms with Gasteiger partial charge in [-0.1, -0.05) is 6.07 Å². The fraction of sp³-hybridized carbons (Fsp3) is 0.143. The number of hydrogen-bond acceptors (Lipinski definition) is 4. The third-order valence-electron chi connectivity index (χ3n) is 2.70. The molecule has 0 aliphatic rings. The van der Waals surface area contributed by atoms with Crippen molar-refractivity contribution in [2.75, 3.05) is 11.6 Å². The molecule has 20 heavy (non-hydrogen) atoms. The van der Waals surface area contributed by atoms with Crippen molar-refractivity contribution in [1.82, 2.24) is 4.98 Å². The minimum Gasteiger partial charge on any atom is -0.307 e. The van der Waals surface area contributed by atoms with Gasteiger partial charge < -0.3 is 5.32 Å². The van der Waals surface area contributed by atoms with Gasteiger partial charge in [-0.25, -0.2) is 13.4 Å². The third kappa shape index (κ3) is 3.42. The van der Waals surface area contributed by atoms with Crippen LogP contribution in [0.15, 0.2) is 47.5 Å². The monoisotopic (exact) mass is 290 g/mol. The number of aromatic nitrogens is 1. The van der Waals surface area contributed by atoms with Crippen LogP contribution in [0.5, 0.6) is 0 Å². The second kappa shape index (κ2) is 5.42. The summed E-state index contributed by atoms with van der Waals surface area (Å²) in [5, 5.41) is 2.64. The summed E-state index contributed by atoms with van der Waals surface area (Å²) in [5.74, 6) is 0.120. The second-order valence-electron chi connectivity index (χ2n) is 4.47. The van der Waals surface area contributed by atoms with E-state index in [-0.39, 0.29) is 10.8 Å². The zero-order valence-corrected chi connectivity index (χ0v) is 11.9. The largest absolute Gasteiger partial charge is 0.307 e. The van der Waals surface area contributed by atoms with Gasteiger partial charge in [0.05, 0.1) is 4.90 Å². The van der Waals surface area contributed by atoms with Crippen molar-refractivity contribution in [2.24, 2.45) is 0 Å². The Morgan fingerprint density at radius 3 is 2.25 bits per heavy atom. The standard InChI is InChI=1S/C14H14N2O3S/c1-10-3-8-13(15-9-10)16-14(17)11-4-6-12(7-5-11)20(2,18)19/h3-9H,1-2H3,(H,15,16,17). The van der Waals surface area contributed by atoms with E-state index in [9.17, 15) is 13.2 Å². The lowest BCUT2D eigenvalue weighted by molar-refractivity contribution is 0.102. The van der Waals surface area contributed by atoms with E-state index in [1.165, 1.54) is 24.3 Å². The maximum absolute atomic E-state index is 12.0. The van der Waals surface area contributed by atoms with Crippen LogP contribution in [0.4, 0.5) is 5.82 Å². The molecular formula is C14H14N2O3S. The SMILES string of the molecule is Cc1ccc(NC(=O)c2ccc(S(C)(=O)=O)cc2)nc1. The van der Waals surface area contributed by atoms with Crippen LogP contribution in [0.3, 0.4) is 0 Å². The first kappa shape index (κ1) is 14.2. The molecule has 0 fully saturated rings. The summed E-state index contributed by atoms with van der Waals surface area (Å²) >= 11 is 0. The summed E-state index contributed by atoms with van der Waals surface area (Å²) in [5.41, 5.74) is 1.38. The topological polar surface area (TPSA) is 76.1 Å². The van der Waals surface area contributed by atoms with Crippen LogP contribution in [-0.4, -0.2) is 25.6 Å². The molecule has 1 aromatic heterocycles. The van der Waals surface area contributed by atoms with Crippen molar-refractivity contribution in [3.8, 4) is 0 Å². The van der Waals surface area contributed by atoms with Crippen LogP contribution in [0.25, 0.3) is 0 Å². The Bertz CT molecular complexity index is 720. The summed E-state index contributed by atoms with van der Waals surface area (Å²) in [4.78, 5) is 16.2. The number of carbonyl (C=O) groups is 1. The van der Waals surface area contributed by atoms with Crippen molar-refractivity contribution in [3.05, 3.63) is 53.7 Å². The molecule has 5 nitrogen and oxygen atoms in total. The Labute approximate surface area is 117 Å². The lowest BCUT2D eigenvalue weighted by Crippen LogP contribution is -2.13. The predicted octanol–water partition coefficient (Wildman–Crippen LogP) is 2.05.